The highest BCUT2D eigenvalue weighted by Crippen LogP contribution is 2.35. The predicted octanol–water partition coefficient (Wildman–Crippen LogP) is 4.32. The molecule has 0 aromatic heterocycles. The second kappa shape index (κ2) is 5.92. The molecule has 1 unspecified atom stereocenters. The van der Waals surface area contributed by atoms with Crippen molar-refractivity contribution in [1.82, 2.24) is 0 Å². The van der Waals surface area contributed by atoms with Crippen LogP contribution < -0.4 is 10.5 Å². The molecule has 0 bridgehead atoms. The molecule has 4 heteroatoms. The quantitative estimate of drug-likeness (QED) is 0.764. The lowest BCUT2D eigenvalue weighted by molar-refractivity contribution is 0.284. The summed E-state index contributed by atoms with van der Waals surface area (Å²) < 4.78 is 6.87. The number of halogens is 2. The molecular formula is C16H15ClINO. The molecule has 3 rings (SSSR count). The molecule has 2 aromatic carbocycles. The van der Waals surface area contributed by atoms with Crippen LogP contribution in [0.2, 0.25) is 5.02 Å². The molecule has 20 heavy (non-hydrogen) atoms. The van der Waals surface area contributed by atoms with E-state index >= 15 is 0 Å². The van der Waals surface area contributed by atoms with Crippen molar-refractivity contribution in [1.29, 1.82) is 0 Å². The number of ether oxygens (including phenoxy) is 1. The van der Waals surface area contributed by atoms with Gasteiger partial charge in [-0.1, -0.05) is 35.9 Å². The average molecular weight is 400 g/mol. The van der Waals surface area contributed by atoms with E-state index in [2.05, 4.69) is 34.7 Å². The van der Waals surface area contributed by atoms with E-state index < -0.39 is 0 Å². The van der Waals surface area contributed by atoms with Gasteiger partial charge >= 0.3 is 0 Å². The molecule has 0 saturated heterocycles. The van der Waals surface area contributed by atoms with Crippen molar-refractivity contribution in [2.75, 3.05) is 6.61 Å². The fourth-order valence-electron chi connectivity index (χ4n) is 2.54. The fraction of sp³-hybridized carbons (Fsp3) is 0.250. The normalized spacial score (nSPS) is 15.3. The Morgan fingerprint density at radius 1 is 1.25 bits per heavy atom. The molecule has 2 aromatic rings. The minimum Gasteiger partial charge on any atom is -0.493 e. The number of para-hydroxylation sites is 1. The standard InChI is InChI=1S/C16H15ClINO/c17-13-9-11(6-7-14(13)18)15(19)12-5-1-3-10-4-2-8-20-16(10)12/h1,3,5-7,9,15H,2,4,8,19H2. The zero-order chi connectivity index (χ0) is 14.1. The Hall–Kier alpha value is -0.780. The van der Waals surface area contributed by atoms with Crippen LogP contribution >= 0.6 is 34.2 Å². The Morgan fingerprint density at radius 2 is 2.10 bits per heavy atom. The number of hydrogen-bond acceptors (Lipinski definition) is 2. The van der Waals surface area contributed by atoms with E-state index in [9.17, 15) is 0 Å². The first kappa shape index (κ1) is 14.2. The molecule has 0 spiro atoms. The summed E-state index contributed by atoms with van der Waals surface area (Å²) >= 11 is 8.41. The summed E-state index contributed by atoms with van der Waals surface area (Å²) in [7, 11) is 0. The molecular weight excluding hydrogens is 385 g/mol. The van der Waals surface area contributed by atoms with Gasteiger partial charge in [-0.2, -0.15) is 0 Å². The zero-order valence-electron chi connectivity index (χ0n) is 10.9. The Kier molecular flexibility index (Phi) is 4.19. The molecule has 0 fully saturated rings. The van der Waals surface area contributed by atoms with Gasteiger partial charge in [-0.15, -0.1) is 0 Å². The van der Waals surface area contributed by atoms with E-state index in [1.54, 1.807) is 0 Å². The number of rotatable bonds is 2. The predicted molar refractivity (Wildman–Crippen MR) is 90.5 cm³/mol. The van der Waals surface area contributed by atoms with Crippen LogP contribution in [0.25, 0.3) is 0 Å². The van der Waals surface area contributed by atoms with E-state index in [0.29, 0.717) is 0 Å². The van der Waals surface area contributed by atoms with E-state index in [-0.39, 0.29) is 6.04 Å². The Balaban J connectivity index is 2.02. The van der Waals surface area contributed by atoms with Crippen molar-refractivity contribution in [3.63, 3.8) is 0 Å². The van der Waals surface area contributed by atoms with Crippen molar-refractivity contribution in [3.05, 3.63) is 61.7 Å². The SMILES string of the molecule is NC(c1ccc(I)c(Cl)c1)c1cccc2c1OCCC2. The maximum atomic E-state index is 6.42. The monoisotopic (exact) mass is 399 g/mol. The highest BCUT2D eigenvalue weighted by molar-refractivity contribution is 14.1. The minimum absolute atomic E-state index is 0.211. The summed E-state index contributed by atoms with van der Waals surface area (Å²) in [5.74, 6) is 0.959. The van der Waals surface area contributed by atoms with Gasteiger partial charge < -0.3 is 10.5 Å². The third-order valence-electron chi connectivity index (χ3n) is 3.60. The van der Waals surface area contributed by atoms with Crippen molar-refractivity contribution in [2.45, 2.75) is 18.9 Å². The highest BCUT2D eigenvalue weighted by Gasteiger charge is 2.20. The lowest BCUT2D eigenvalue weighted by Gasteiger charge is -2.23. The molecule has 0 radical (unpaired) electrons. The largest absolute Gasteiger partial charge is 0.493 e. The lowest BCUT2D eigenvalue weighted by Crippen LogP contribution is -2.17. The van der Waals surface area contributed by atoms with Crippen LogP contribution in [0.4, 0.5) is 0 Å². The average Bonchev–Trinajstić information content (AvgIpc) is 2.49. The summed E-state index contributed by atoms with van der Waals surface area (Å²) in [4.78, 5) is 0. The first-order chi connectivity index (χ1) is 9.66. The van der Waals surface area contributed by atoms with Crippen molar-refractivity contribution >= 4 is 34.2 Å². The van der Waals surface area contributed by atoms with E-state index in [1.807, 2.05) is 24.3 Å². The molecule has 2 nitrogen and oxygen atoms in total. The smallest absolute Gasteiger partial charge is 0.127 e. The second-order valence-corrected chi connectivity index (χ2v) is 6.51. The van der Waals surface area contributed by atoms with Crippen LogP contribution in [0.15, 0.2) is 36.4 Å². The van der Waals surface area contributed by atoms with Crippen LogP contribution in [0.1, 0.15) is 29.2 Å². The number of hydrogen-bond donors (Lipinski definition) is 1. The Bertz CT molecular complexity index is 644. The van der Waals surface area contributed by atoms with Crippen LogP contribution in [0.3, 0.4) is 0 Å². The Morgan fingerprint density at radius 3 is 2.90 bits per heavy atom. The molecule has 1 atom stereocenters. The summed E-state index contributed by atoms with van der Waals surface area (Å²) in [5.41, 5.74) is 9.72. The lowest BCUT2D eigenvalue weighted by atomic mass is 9.94. The molecule has 104 valence electrons. The first-order valence-electron chi connectivity index (χ1n) is 6.62. The van der Waals surface area contributed by atoms with Gasteiger partial charge in [-0.3, -0.25) is 0 Å². The van der Waals surface area contributed by atoms with Gasteiger partial charge in [0.1, 0.15) is 5.75 Å². The number of nitrogens with two attached hydrogens (primary N) is 1. The first-order valence-corrected chi connectivity index (χ1v) is 8.07. The van der Waals surface area contributed by atoms with Gasteiger partial charge in [-0.05, 0) is 58.7 Å². The van der Waals surface area contributed by atoms with Crippen LogP contribution in [0, 0.1) is 3.57 Å². The van der Waals surface area contributed by atoms with Gasteiger partial charge in [-0.25, -0.2) is 0 Å². The molecule has 2 N–H and O–H groups in total. The fourth-order valence-corrected chi connectivity index (χ4v) is 3.07. The van der Waals surface area contributed by atoms with Gasteiger partial charge in [0.15, 0.2) is 0 Å². The summed E-state index contributed by atoms with van der Waals surface area (Å²) in [6, 6.07) is 12.0. The zero-order valence-corrected chi connectivity index (χ0v) is 13.8. The van der Waals surface area contributed by atoms with Crippen LogP contribution in [-0.4, -0.2) is 6.61 Å². The van der Waals surface area contributed by atoms with Crippen LogP contribution in [-0.2, 0) is 6.42 Å². The van der Waals surface area contributed by atoms with Gasteiger partial charge in [0.2, 0.25) is 0 Å². The van der Waals surface area contributed by atoms with E-state index in [1.165, 1.54) is 5.56 Å². The minimum atomic E-state index is -0.211. The maximum Gasteiger partial charge on any atom is 0.127 e. The molecule has 0 saturated carbocycles. The molecule has 1 aliphatic heterocycles. The van der Waals surface area contributed by atoms with Gasteiger partial charge in [0.25, 0.3) is 0 Å². The summed E-state index contributed by atoms with van der Waals surface area (Å²) in [6.07, 6.45) is 2.13. The highest BCUT2D eigenvalue weighted by atomic mass is 127. The third kappa shape index (κ3) is 2.67. The van der Waals surface area contributed by atoms with Gasteiger partial charge in [0, 0.05) is 9.13 Å². The maximum absolute atomic E-state index is 6.42. The number of aryl methyl sites for hydroxylation is 1. The van der Waals surface area contributed by atoms with Gasteiger partial charge in [0.05, 0.1) is 17.7 Å². The molecule has 1 aliphatic rings. The third-order valence-corrected chi connectivity index (χ3v) is 5.17. The number of benzene rings is 2. The second-order valence-electron chi connectivity index (χ2n) is 4.94. The van der Waals surface area contributed by atoms with Crippen molar-refractivity contribution < 1.29 is 4.74 Å². The topological polar surface area (TPSA) is 35.2 Å². The molecule has 1 heterocycles. The Labute approximate surface area is 137 Å². The van der Waals surface area contributed by atoms with Crippen molar-refractivity contribution in [2.24, 2.45) is 5.73 Å². The summed E-state index contributed by atoms with van der Waals surface area (Å²) in [6.45, 7) is 0.768. The van der Waals surface area contributed by atoms with E-state index in [4.69, 9.17) is 22.1 Å². The summed E-state index contributed by atoms with van der Waals surface area (Å²) in [5, 5.41) is 0.740. The van der Waals surface area contributed by atoms with Crippen molar-refractivity contribution in [3.8, 4) is 5.75 Å². The molecule has 0 amide bonds. The molecule has 0 aliphatic carbocycles. The number of fused-ring (bicyclic) bond motifs is 1. The van der Waals surface area contributed by atoms with E-state index in [0.717, 1.165) is 44.9 Å². The van der Waals surface area contributed by atoms with Crippen LogP contribution in [0.5, 0.6) is 5.75 Å².